The number of aromatic nitrogens is 4. The first-order chi connectivity index (χ1) is 17.5. The van der Waals surface area contributed by atoms with Crippen molar-refractivity contribution in [2.45, 2.75) is 58.6 Å². The SMILES string of the molecule is CC(C)OC(=O)[C@@H](C)NP(=O)(OC[C@@H]1C[C@H](C)[C@H](n2cnc3c(=O)[nH]c(N)nc32)O1)Oc1ccccc1. The van der Waals surface area contributed by atoms with Crippen molar-refractivity contribution in [2.75, 3.05) is 12.3 Å². The predicted molar refractivity (Wildman–Crippen MR) is 135 cm³/mol. The van der Waals surface area contributed by atoms with Gasteiger partial charge in [-0.3, -0.25) is 23.7 Å². The lowest BCUT2D eigenvalue weighted by Crippen LogP contribution is -2.36. The molecule has 1 fully saturated rings. The van der Waals surface area contributed by atoms with Gasteiger partial charge in [-0.1, -0.05) is 25.1 Å². The average molecular weight is 535 g/mol. The highest BCUT2D eigenvalue weighted by Gasteiger charge is 2.38. The molecule has 5 atom stereocenters. The average Bonchev–Trinajstić information content (AvgIpc) is 3.41. The predicted octanol–water partition coefficient (Wildman–Crippen LogP) is 2.76. The van der Waals surface area contributed by atoms with Crippen LogP contribution in [0.25, 0.3) is 11.2 Å². The van der Waals surface area contributed by atoms with Gasteiger partial charge in [0.15, 0.2) is 11.2 Å². The van der Waals surface area contributed by atoms with Crippen molar-refractivity contribution in [3.8, 4) is 5.75 Å². The largest absolute Gasteiger partial charge is 0.462 e. The maximum absolute atomic E-state index is 13.7. The molecule has 37 heavy (non-hydrogen) atoms. The van der Waals surface area contributed by atoms with E-state index in [1.807, 2.05) is 6.92 Å². The van der Waals surface area contributed by atoms with E-state index < -0.39 is 37.6 Å². The summed E-state index contributed by atoms with van der Waals surface area (Å²) >= 11 is 0. The molecule has 1 aliphatic heterocycles. The van der Waals surface area contributed by atoms with Gasteiger partial charge in [0, 0.05) is 5.92 Å². The first-order valence-corrected chi connectivity index (χ1v) is 13.4. The number of nitrogens with one attached hydrogen (secondary N) is 2. The highest BCUT2D eigenvalue weighted by Crippen LogP contribution is 2.46. The number of rotatable bonds is 10. The number of nitrogens with two attached hydrogens (primary N) is 1. The standard InChI is InChI=1S/C23H31N6O7P/c1-13(2)34-22(31)15(4)28-37(32,36-16-8-6-5-7-9-16)33-11-17-10-14(3)21(35-17)29-12-25-18-19(29)26-23(24)27-20(18)30/h5-9,12-15,17,21H,10-11H2,1-4H3,(H,28,32)(H3,24,26,27,30)/t14-,15+,17-,21+,37?/m0/s1. The third kappa shape index (κ3) is 6.37. The summed E-state index contributed by atoms with van der Waals surface area (Å²) in [5, 5.41) is 2.66. The number of anilines is 1. The number of nitrogens with zero attached hydrogens (tertiary/aromatic N) is 3. The fourth-order valence-corrected chi connectivity index (χ4v) is 5.53. The van der Waals surface area contributed by atoms with Crippen molar-refractivity contribution in [1.29, 1.82) is 0 Å². The highest BCUT2D eigenvalue weighted by molar-refractivity contribution is 7.52. The molecule has 1 aliphatic rings. The van der Waals surface area contributed by atoms with Gasteiger partial charge in [-0.2, -0.15) is 10.1 Å². The molecule has 1 unspecified atom stereocenters. The van der Waals surface area contributed by atoms with Crippen LogP contribution < -0.4 is 20.9 Å². The Balaban J connectivity index is 1.48. The Hall–Kier alpha value is -3.25. The molecule has 1 saturated heterocycles. The Kier molecular flexibility index (Phi) is 7.98. The molecular formula is C23H31N6O7P. The summed E-state index contributed by atoms with van der Waals surface area (Å²) in [4.78, 5) is 35.2. The Bertz CT molecular complexity index is 1340. The van der Waals surface area contributed by atoms with E-state index in [2.05, 4.69) is 20.0 Å². The second kappa shape index (κ2) is 11.0. The highest BCUT2D eigenvalue weighted by atomic mass is 31.2. The monoisotopic (exact) mass is 534 g/mol. The maximum Gasteiger partial charge on any atom is 0.459 e. The molecular weight excluding hydrogens is 503 g/mol. The molecule has 0 bridgehead atoms. The van der Waals surface area contributed by atoms with Crippen LogP contribution in [0.3, 0.4) is 0 Å². The summed E-state index contributed by atoms with van der Waals surface area (Å²) in [6.07, 6.45) is 0.721. The number of benzene rings is 1. The number of esters is 1. The van der Waals surface area contributed by atoms with Crippen LogP contribution >= 0.6 is 7.75 Å². The van der Waals surface area contributed by atoms with Crippen molar-refractivity contribution in [3.05, 3.63) is 47.0 Å². The third-order valence-electron chi connectivity index (χ3n) is 5.63. The van der Waals surface area contributed by atoms with Crippen LogP contribution in [0.4, 0.5) is 5.95 Å². The lowest BCUT2D eigenvalue weighted by atomic mass is 10.1. The number of imidazole rings is 1. The quantitative estimate of drug-likeness (QED) is 0.258. The number of carbonyl (C=O) groups excluding carboxylic acids is 1. The van der Waals surface area contributed by atoms with Crippen molar-refractivity contribution < 1.29 is 27.9 Å². The number of hydrogen-bond acceptors (Lipinski definition) is 10. The molecule has 14 heteroatoms. The summed E-state index contributed by atoms with van der Waals surface area (Å²) in [5.74, 6) is -0.328. The van der Waals surface area contributed by atoms with Gasteiger partial charge in [0.2, 0.25) is 5.95 Å². The normalized spacial score (nSPS) is 22.1. The van der Waals surface area contributed by atoms with Crippen LogP contribution in [0.2, 0.25) is 0 Å². The van der Waals surface area contributed by atoms with Gasteiger partial charge in [-0.25, -0.2) is 9.55 Å². The summed E-state index contributed by atoms with van der Waals surface area (Å²) in [6.45, 7) is 6.84. The molecule has 13 nitrogen and oxygen atoms in total. The van der Waals surface area contributed by atoms with Crippen molar-refractivity contribution in [3.63, 3.8) is 0 Å². The van der Waals surface area contributed by atoms with E-state index >= 15 is 0 Å². The molecule has 0 radical (unpaired) electrons. The van der Waals surface area contributed by atoms with Crippen LogP contribution in [0.5, 0.6) is 5.75 Å². The van der Waals surface area contributed by atoms with E-state index in [4.69, 9.17) is 24.3 Å². The minimum Gasteiger partial charge on any atom is -0.462 e. The molecule has 2 aromatic heterocycles. The fourth-order valence-electron chi connectivity index (χ4n) is 4.01. The van der Waals surface area contributed by atoms with Crippen molar-refractivity contribution in [1.82, 2.24) is 24.6 Å². The summed E-state index contributed by atoms with van der Waals surface area (Å²) in [5.41, 5.74) is 5.72. The molecule has 0 amide bonds. The smallest absolute Gasteiger partial charge is 0.459 e. The third-order valence-corrected chi connectivity index (χ3v) is 7.28. The van der Waals surface area contributed by atoms with E-state index in [0.29, 0.717) is 17.8 Å². The van der Waals surface area contributed by atoms with E-state index in [0.717, 1.165) is 0 Å². The van der Waals surface area contributed by atoms with E-state index in [-0.39, 0.29) is 30.1 Å². The van der Waals surface area contributed by atoms with Gasteiger partial charge in [0.05, 0.1) is 25.1 Å². The number of fused-ring (bicyclic) bond motifs is 1. The van der Waals surface area contributed by atoms with E-state index in [9.17, 15) is 14.2 Å². The number of H-pyrrole nitrogens is 1. The van der Waals surface area contributed by atoms with Crippen molar-refractivity contribution >= 4 is 30.8 Å². The second-order valence-electron chi connectivity index (χ2n) is 9.17. The van der Waals surface area contributed by atoms with Gasteiger partial charge < -0.3 is 19.7 Å². The second-order valence-corrected chi connectivity index (χ2v) is 10.9. The molecule has 0 spiro atoms. The van der Waals surface area contributed by atoms with E-state index in [1.165, 1.54) is 13.3 Å². The topological polar surface area (TPSA) is 173 Å². The first kappa shape index (κ1) is 26.8. The lowest BCUT2D eigenvalue weighted by molar-refractivity contribution is -0.149. The minimum atomic E-state index is -4.02. The summed E-state index contributed by atoms with van der Waals surface area (Å²) in [7, 11) is -4.02. The number of nitrogen functional groups attached to an aromatic ring is 1. The molecule has 4 N–H and O–H groups in total. The molecule has 4 rings (SSSR count). The van der Waals surface area contributed by atoms with Gasteiger partial charge in [0.1, 0.15) is 18.0 Å². The molecule has 0 aliphatic carbocycles. The maximum atomic E-state index is 13.7. The van der Waals surface area contributed by atoms with Crippen LogP contribution in [0.15, 0.2) is 41.5 Å². The molecule has 1 aromatic carbocycles. The van der Waals surface area contributed by atoms with Gasteiger partial charge in [0.25, 0.3) is 5.56 Å². The van der Waals surface area contributed by atoms with Crippen molar-refractivity contribution in [2.24, 2.45) is 5.92 Å². The molecule has 0 saturated carbocycles. The number of hydrogen-bond donors (Lipinski definition) is 3. The molecule has 200 valence electrons. The first-order valence-electron chi connectivity index (χ1n) is 11.9. The summed E-state index contributed by atoms with van der Waals surface area (Å²) in [6, 6.07) is 7.54. The van der Waals surface area contributed by atoms with Crippen LogP contribution in [0, 0.1) is 5.92 Å². The zero-order valence-electron chi connectivity index (χ0n) is 21.0. The fraction of sp³-hybridized carbons (Fsp3) is 0.478. The van der Waals surface area contributed by atoms with Crippen LogP contribution in [-0.2, 0) is 23.4 Å². The number of para-hydroxylation sites is 1. The Morgan fingerprint density at radius 2 is 2.05 bits per heavy atom. The van der Waals surface area contributed by atoms with Gasteiger partial charge >= 0.3 is 13.7 Å². The molecule has 3 aromatic rings. The Labute approximate surface area is 213 Å². The molecule has 3 heterocycles. The number of ether oxygens (including phenoxy) is 2. The number of aromatic amines is 1. The lowest BCUT2D eigenvalue weighted by Gasteiger charge is -2.24. The van der Waals surface area contributed by atoms with Crippen LogP contribution in [0.1, 0.15) is 40.3 Å². The zero-order valence-corrected chi connectivity index (χ0v) is 21.9. The Morgan fingerprint density at radius 3 is 2.76 bits per heavy atom. The van der Waals surface area contributed by atoms with E-state index in [1.54, 1.807) is 48.7 Å². The minimum absolute atomic E-state index is 0.0179. The van der Waals surface area contributed by atoms with Gasteiger partial charge in [-0.15, -0.1) is 0 Å². The summed E-state index contributed by atoms with van der Waals surface area (Å²) < 4.78 is 38.1. The number of carbonyl (C=O) groups is 1. The van der Waals surface area contributed by atoms with Crippen LogP contribution in [-0.4, -0.2) is 50.3 Å². The Morgan fingerprint density at radius 1 is 1.32 bits per heavy atom. The zero-order chi connectivity index (χ0) is 26.7. The van der Waals surface area contributed by atoms with Gasteiger partial charge in [-0.05, 0) is 39.3 Å².